The molecule has 1 aromatic rings. The average molecular weight is 337 g/mol. The molecule has 82 valence electrons. The van der Waals surface area contributed by atoms with Gasteiger partial charge in [-0.05, 0) is 44.5 Å². The summed E-state index contributed by atoms with van der Waals surface area (Å²) in [5.74, 6) is -0.438. The van der Waals surface area contributed by atoms with Crippen molar-refractivity contribution in [2.75, 3.05) is 6.54 Å². The van der Waals surface area contributed by atoms with Crippen LogP contribution in [0.15, 0.2) is 21.2 Å². The van der Waals surface area contributed by atoms with E-state index in [9.17, 15) is 4.79 Å². The number of nitrogens with zero attached hydrogens (tertiary/aromatic N) is 1. The summed E-state index contributed by atoms with van der Waals surface area (Å²) in [6.45, 7) is 2.56. The first kappa shape index (κ1) is 12.6. The lowest BCUT2D eigenvalue weighted by atomic mass is 10.2. The summed E-state index contributed by atoms with van der Waals surface area (Å²) in [6, 6.07) is 1.27. The summed E-state index contributed by atoms with van der Waals surface area (Å²) in [6.07, 6.45) is 1.63. The quantitative estimate of drug-likeness (QED) is 0.880. The highest BCUT2D eigenvalue weighted by atomic mass is 79.9. The molecule has 1 aromatic heterocycles. The van der Waals surface area contributed by atoms with Crippen LogP contribution in [0.1, 0.15) is 18.7 Å². The van der Waals surface area contributed by atoms with Gasteiger partial charge in [-0.1, -0.05) is 6.92 Å². The maximum atomic E-state index is 11.2. The van der Waals surface area contributed by atoms with Crippen molar-refractivity contribution < 1.29 is 4.79 Å². The number of carbonyl (C=O) groups excluding carboxylic acids is 1. The fourth-order valence-corrected chi connectivity index (χ4v) is 2.39. The number of amides is 1. The van der Waals surface area contributed by atoms with E-state index < -0.39 is 11.9 Å². The fourth-order valence-electron chi connectivity index (χ4n) is 1.17. The number of carbonyl (C=O) groups is 1. The Kier molecular flexibility index (Phi) is 4.69. The van der Waals surface area contributed by atoms with Crippen LogP contribution in [0.25, 0.3) is 0 Å². The Morgan fingerprint density at radius 2 is 2.33 bits per heavy atom. The molecule has 1 atom stereocenters. The van der Waals surface area contributed by atoms with Gasteiger partial charge < -0.3 is 11.1 Å². The molecule has 0 radical (unpaired) electrons. The second-order valence-corrected chi connectivity index (χ2v) is 4.68. The van der Waals surface area contributed by atoms with Gasteiger partial charge in [-0.2, -0.15) is 0 Å². The number of aromatic nitrogens is 1. The first-order chi connectivity index (χ1) is 7.06. The summed E-state index contributed by atoms with van der Waals surface area (Å²) in [5.41, 5.74) is 5.89. The topological polar surface area (TPSA) is 68.0 Å². The van der Waals surface area contributed by atoms with Crippen LogP contribution in [0.4, 0.5) is 0 Å². The number of primary amides is 1. The summed E-state index contributed by atoms with van der Waals surface area (Å²) in [5, 5.41) is 2.98. The number of hydrogen-bond donors (Lipinski definition) is 2. The molecule has 0 saturated heterocycles. The fraction of sp³-hybridized carbons (Fsp3) is 0.333. The van der Waals surface area contributed by atoms with E-state index in [1.165, 1.54) is 0 Å². The SMILES string of the molecule is CCNC(C(N)=O)c1ncc(Br)cc1Br. The largest absolute Gasteiger partial charge is 0.368 e. The van der Waals surface area contributed by atoms with Crippen molar-refractivity contribution in [3.05, 3.63) is 26.9 Å². The van der Waals surface area contributed by atoms with Crippen LogP contribution in [-0.4, -0.2) is 17.4 Å². The first-order valence-corrected chi connectivity index (χ1v) is 5.98. The van der Waals surface area contributed by atoms with Gasteiger partial charge in [0.25, 0.3) is 0 Å². The predicted molar refractivity (Wildman–Crippen MR) is 65.2 cm³/mol. The maximum absolute atomic E-state index is 11.2. The van der Waals surface area contributed by atoms with Gasteiger partial charge in [0.05, 0.1) is 5.69 Å². The Morgan fingerprint density at radius 3 is 2.80 bits per heavy atom. The van der Waals surface area contributed by atoms with Crippen molar-refractivity contribution in [3.63, 3.8) is 0 Å². The van der Waals surface area contributed by atoms with E-state index >= 15 is 0 Å². The summed E-state index contributed by atoms with van der Waals surface area (Å²) >= 11 is 6.64. The molecule has 1 amide bonds. The lowest BCUT2D eigenvalue weighted by Crippen LogP contribution is -2.34. The van der Waals surface area contributed by atoms with Crippen LogP contribution in [0.2, 0.25) is 0 Å². The summed E-state index contributed by atoms with van der Waals surface area (Å²) in [4.78, 5) is 15.4. The van der Waals surface area contributed by atoms with E-state index in [4.69, 9.17) is 5.73 Å². The van der Waals surface area contributed by atoms with Crippen LogP contribution < -0.4 is 11.1 Å². The molecule has 1 rings (SSSR count). The predicted octanol–water partition coefficient (Wildman–Crippen LogP) is 1.74. The molecule has 0 spiro atoms. The minimum atomic E-state index is -0.558. The molecular formula is C9H11Br2N3O. The molecule has 0 aliphatic rings. The Balaban J connectivity index is 3.05. The smallest absolute Gasteiger partial charge is 0.240 e. The molecular weight excluding hydrogens is 326 g/mol. The van der Waals surface area contributed by atoms with Gasteiger partial charge in [-0.15, -0.1) is 0 Å². The number of hydrogen-bond acceptors (Lipinski definition) is 3. The van der Waals surface area contributed by atoms with E-state index in [2.05, 4.69) is 42.2 Å². The summed E-state index contributed by atoms with van der Waals surface area (Å²) < 4.78 is 1.60. The number of pyridine rings is 1. The van der Waals surface area contributed by atoms with Crippen molar-refractivity contribution in [1.82, 2.24) is 10.3 Å². The first-order valence-electron chi connectivity index (χ1n) is 4.40. The van der Waals surface area contributed by atoms with Gasteiger partial charge in [0.1, 0.15) is 6.04 Å². The standard InChI is InChI=1S/C9H11Br2N3O/c1-2-13-8(9(12)15)7-6(11)3-5(10)4-14-7/h3-4,8,13H,2H2,1H3,(H2,12,15). The molecule has 0 aliphatic heterocycles. The molecule has 1 heterocycles. The van der Waals surface area contributed by atoms with E-state index in [0.717, 1.165) is 8.95 Å². The minimum Gasteiger partial charge on any atom is -0.368 e. The Morgan fingerprint density at radius 1 is 1.67 bits per heavy atom. The molecule has 0 aliphatic carbocycles. The third-order valence-electron chi connectivity index (χ3n) is 1.80. The third kappa shape index (κ3) is 3.25. The normalized spacial score (nSPS) is 12.5. The van der Waals surface area contributed by atoms with E-state index in [1.807, 2.05) is 13.0 Å². The molecule has 3 N–H and O–H groups in total. The van der Waals surface area contributed by atoms with Crippen LogP contribution in [0.5, 0.6) is 0 Å². The number of nitrogens with one attached hydrogen (secondary N) is 1. The molecule has 0 bridgehead atoms. The Bertz CT molecular complexity index is 370. The molecule has 4 nitrogen and oxygen atoms in total. The van der Waals surface area contributed by atoms with Crippen LogP contribution in [-0.2, 0) is 4.79 Å². The van der Waals surface area contributed by atoms with Gasteiger partial charge >= 0.3 is 0 Å². The van der Waals surface area contributed by atoms with Gasteiger partial charge in [0.2, 0.25) is 5.91 Å². The highest BCUT2D eigenvalue weighted by molar-refractivity contribution is 9.11. The number of nitrogens with two attached hydrogens (primary N) is 1. The molecule has 6 heteroatoms. The van der Waals surface area contributed by atoms with E-state index in [0.29, 0.717) is 12.2 Å². The van der Waals surface area contributed by atoms with Gasteiger partial charge in [-0.3, -0.25) is 9.78 Å². The number of likely N-dealkylation sites (N-methyl/N-ethyl adjacent to an activating group) is 1. The zero-order valence-corrected chi connectivity index (χ0v) is 11.3. The van der Waals surface area contributed by atoms with Crippen molar-refractivity contribution in [2.24, 2.45) is 5.73 Å². The molecule has 0 fully saturated rings. The molecule has 15 heavy (non-hydrogen) atoms. The average Bonchev–Trinajstić information content (AvgIpc) is 2.15. The van der Waals surface area contributed by atoms with Crippen molar-refractivity contribution in [2.45, 2.75) is 13.0 Å². The van der Waals surface area contributed by atoms with Gasteiger partial charge in [-0.25, -0.2) is 0 Å². The maximum Gasteiger partial charge on any atom is 0.240 e. The minimum absolute atomic E-state index is 0.438. The molecule has 0 aromatic carbocycles. The zero-order chi connectivity index (χ0) is 11.4. The van der Waals surface area contributed by atoms with E-state index in [1.54, 1.807) is 6.20 Å². The monoisotopic (exact) mass is 335 g/mol. The highest BCUT2D eigenvalue weighted by Gasteiger charge is 2.20. The second kappa shape index (κ2) is 5.58. The number of halogens is 2. The second-order valence-electron chi connectivity index (χ2n) is 2.91. The lowest BCUT2D eigenvalue weighted by Gasteiger charge is -2.14. The van der Waals surface area contributed by atoms with Crippen LogP contribution in [0.3, 0.4) is 0 Å². The third-order valence-corrected chi connectivity index (χ3v) is 2.87. The van der Waals surface area contributed by atoms with Gasteiger partial charge in [0, 0.05) is 15.1 Å². The highest BCUT2D eigenvalue weighted by Crippen LogP contribution is 2.24. The lowest BCUT2D eigenvalue weighted by molar-refractivity contribution is -0.120. The zero-order valence-electron chi connectivity index (χ0n) is 8.13. The van der Waals surface area contributed by atoms with Crippen molar-refractivity contribution in [3.8, 4) is 0 Å². The van der Waals surface area contributed by atoms with Crippen molar-refractivity contribution in [1.29, 1.82) is 0 Å². The van der Waals surface area contributed by atoms with Crippen LogP contribution in [0, 0.1) is 0 Å². The Hall–Kier alpha value is -0.460. The van der Waals surface area contributed by atoms with Gasteiger partial charge in [0.15, 0.2) is 0 Å². The van der Waals surface area contributed by atoms with Crippen molar-refractivity contribution >= 4 is 37.8 Å². The van der Waals surface area contributed by atoms with E-state index in [-0.39, 0.29) is 0 Å². The summed E-state index contributed by atoms with van der Waals surface area (Å²) in [7, 11) is 0. The van der Waals surface area contributed by atoms with Crippen LogP contribution >= 0.6 is 31.9 Å². The Labute approximate surface area is 105 Å². The number of rotatable bonds is 4. The molecule has 1 unspecified atom stereocenters. The molecule has 0 saturated carbocycles.